The van der Waals surface area contributed by atoms with Gasteiger partial charge in [0.15, 0.2) is 5.78 Å². The first-order valence-electron chi connectivity index (χ1n) is 7.66. The molecule has 2 rings (SSSR count). The van der Waals surface area contributed by atoms with E-state index in [1.54, 1.807) is 13.0 Å². The summed E-state index contributed by atoms with van der Waals surface area (Å²) in [6.07, 6.45) is 1.59. The molecule has 0 aromatic heterocycles. The van der Waals surface area contributed by atoms with Crippen molar-refractivity contribution in [1.82, 2.24) is 4.90 Å². The predicted octanol–water partition coefficient (Wildman–Crippen LogP) is 2.77. The molecular formula is C17H25NO3. The van der Waals surface area contributed by atoms with E-state index in [4.69, 9.17) is 9.47 Å². The van der Waals surface area contributed by atoms with Crippen LogP contribution in [0.1, 0.15) is 37.6 Å². The van der Waals surface area contributed by atoms with Crippen molar-refractivity contribution in [2.24, 2.45) is 0 Å². The molecule has 4 heteroatoms. The maximum Gasteiger partial charge on any atom is 0.159 e. The molecule has 1 saturated heterocycles. The minimum atomic E-state index is 0.0664. The van der Waals surface area contributed by atoms with Gasteiger partial charge in [-0.2, -0.15) is 0 Å². The molecule has 1 fully saturated rings. The van der Waals surface area contributed by atoms with Crippen LogP contribution in [0.2, 0.25) is 0 Å². The Bertz CT molecular complexity index is 465. The summed E-state index contributed by atoms with van der Waals surface area (Å²) >= 11 is 0. The van der Waals surface area contributed by atoms with E-state index >= 15 is 0 Å². The number of rotatable bonds is 6. The van der Waals surface area contributed by atoms with Gasteiger partial charge in [0.05, 0.1) is 18.8 Å². The minimum Gasteiger partial charge on any atom is -0.494 e. The number of Topliss-reactive ketones (excluding diaryl/α,β-unsaturated/α-hetero) is 1. The Balaban J connectivity index is 1.72. The van der Waals surface area contributed by atoms with Crippen molar-refractivity contribution in [3.05, 3.63) is 29.8 Å². The first kappa shape index (κ1) is 16.0. The summed E-state index contributed by atoms with van der Waals surface area (Å²) in [6.45, 7) is 9.47. The Morgan fingerprint density at radius 3 is 2.71 bits per heavy atom. The van der Waals surface area contributed by atoms with E-state index in [0.717, 1.165) is 31.8 Å². The molecule has 0 amide bonds. The van der Waals surface area contributed by atoms with Crippen molar-refractivity contribution >= 4 is 5.78 Å². The number of carbonyl (C=O) groups excluding carboxylic acids is 1. The maximum absolute atomic E-state index is 11.3. The molecule has 1 aromatic carbocycles. The molecular weight excluding hydrogens is 266 g/mol. The average Bonchev–Trinajstić information content (AvgIpc) is 2.43. The van der Waals surface area contributed by atoms with Crippen LogP contribution in [0.5, 0.6) is 5.75 Å². The number of hydrogen-bond donors (Lipinski definition) is 0. The zero-order chi connectivity index (χ0) is 15.2. The lowest BCUT2D eigenvalue weighted by Gasteiger charge is -2.35. The summed E-state index contributed by atoms with van der Waals surface area (Å²) in [5.74, 6) is 0.836. The van der Waals surface area contributed by atoms with Crippen molar-refractivity contribution in [2.45, 2.75) is 39.4 Å². The number of hydrogen-bond acceptors (Lipinski definition) is 4. The molecule has 1 aliphatic rings. The Morgan fingerprint density at radius 2 is 2.05 bits per heavy atom. The quantitative estimate of drug-likeness (QED) is 0.597. The van der Waals surface area contributed by atoms with Gasteiger partial charge in [0, 0.05) is 25.2 Å². The molecule has 0 radical (unpaired) electrons. The highest BCUT2D eigenvalue weighted by molar-refractivity contribution is 5.94. The lowest BCUT2D eigenvalue weighted by Crippen LogP contribution is -2.45. The van der Waals surface area contributed by atoms with Crippen molar-refractivity contribution in [3.8, 4) is 5.75 Å². The molecule has 2 atom stereocenters. The monoisotopic (exact) mass is 291 g/mol. The fraction of sp³-hybridized carbons (Fsp3) is 0.588. The molecule has 0 aliphatic carbocycles. The van der Waals surface area contributed by atoms with Gasteiger partial charge in [0.25, 0.3) is 0 Å². The molecule has 1 heterocycles. The van der Waals surface area contributed by atoms with E-state index in [1.807, 2.05) is 18.2 Å². The predicted molar refractivity (Wildman–Crippen MR) is 83.0 cm³/mol. The van der Waals surface area contributed by atoms with Crippen molar-refractivity contribution in [2.75, 3.05) is 26.2 Å². The molecule has 116 valence electrons. The zero-order valence-corrected chi connectivity index (χ0v) is 13.2. The van der Waals surface area contributed by atoms with Crippen molar-refractivity contribution < 1.29 is 14.3 Å². The van der Waals surface area contributed by atoms with E-state index in [2.05, 4.69) is 18.7 Å². The highest BCUT2D eigenvalue weighted by Gasteiger charge is 2.21. The van der Waals surface area contributed by atoms with Crippen LogP contribution in [0.15, 0.2) is 24.3 Å². The summed E-state index contributed by atoms with van der Waals surface area (Å²) in [5.41, 5.74) is 0.698. The summed E-state index contributed by atoms with van der Waals surface area (Å²) in [4.78, 5) is 13.7. The molecule has 1 aromatic rings. The average molecular weight is 291 g/mol. The molecule has 21 heavy (non-hydrogen) atoms. The number of nitrogens with zero attached hydrogens (tertiary/aromatic N) is 1. The SMILES string of the molecule is CC(=O)c1cccc(OCCCN2C[C@@H](C)O[C@@H](C)C2)c1. The van der Waals surface area contributed by atoms with Gasteiger partial charge in [0.2, 0.25) is 0 Å². The highest BCUT2D eigenvalue weighted by atomic mass is 16.5. The number of ketones is 1. The van der Waals surface area contributed by atoms with Crippen LogP contribution in [-0.4, -0.2) is 49.1 Å². The zero-order valence-electron chi connectivity index (χ0n) is 13.2. The molecule has 0 unspecified atom stereocenters. The van der Waals surface area contributed by atoms with Gasteiger partial charge >= 0.3 is 0 Å². The Labute approximate surface area is 127 Å². The van der Waals surface area contributed by atoms with E-state index < -0.39 is 0 Å². The number of morpholine rings is 1. The van der Waals surface area contributed by atoms with Crippen LogP contribution in [-0.2, 0) is 4.74 Å². The first-order chi connectivity index (χ1) is 10.0. The van der Waals surface area contributed by atoms with Gasteiger partial charge in [-0.1, -0.05) is 12.1 Å². The lowest BCUT2D eigenvalue weighted by molar-refractivity contribution is -0.0686. The second-order valence-corrected chi connectivity index (χ2v) is 5.80. The van der Waals surface area contributed by atoms with Gasteiger partial charge < -0.3 is 9.47 Å². The Hall–Kier alpha value is -1.39. The van der Waals surface area contributed by atoms with Crippen LogP contribution >= 0.6 is 0 Å². The van der Waals surface area contributed by atoms with E-state index in [9.17, 15) is 4.79 Å². The highest BCUT2D eigenvalue weighted by Crippen LogP contribution is 2.15. The second kappa shape index (κ2) is 7.57. The van der Waals surface area contributed by atoms with Gasteiger partial charge in [-0.3, -0.25) is 9.69 Å². The molecule has 0 bridgehead atoms. The van der Waals surface area contributed by atoms with Gasteiger partial charge in [-0.25, -0.2) is 0 Å². The third-order valence-electron chi connectivity index (χ3n) is 3.62. The minimum absolute atomic E-state index is 0.0664. The van der Waals surface area contributed by atoms with Crippen LogP contribution in [0, 0.1) is 0 Å². The summed E-state index contributed by atoms with van der Waals surface area (Å²) in [6, 6.07) is 7.37. The van der Waals surface area contributed by atoms with Crippen LogP contribution in [0.25, 0.3) is 0 Å². The van der Waals surface area contributed by atoms with Gasteiger partial charge in [0.1, 0.15) is 5.75 Å². The largest absolute Gasteiger partial charge is 0.494 e. The molecule has 0 spiro atoms. The van der Waals surface area contributed by atoms with Gasteiger partial charge in [-0.05, 0) is 39.3 Å². The standard InChI is InChI=1S/C17H25NO3/c1-13-11-18(12-14(2)21-13)8-5-9-20-17-7-4-6-16(10-17)15(3)19/h4,6-7,10,13-14H,5,8-9,11-12H2,1-3H3/t13-,14+. The lowest BCUT2D eigenvalue weighted by atomic mass is 10.1. The molecule has 4 nitrogen and oxygen atoms in total. The number of ether oxygens (including phenoxy) is 2. The van der Waals surface area contributed by atoms with Crippen molar-refractivity contribution in [3.63, 3.8) is 0 Å². The van der Waals surface area contributed by atoms with E-state index in [1.165, 1.54) is 0 Å². The van der Waals surface area contributed by atoms with E-state index in [0.29, 0.717) is 24.4 Å². The van der Waals surface area contributed by atoms with Crippen molar-refractivity contribution in [1.29, 1.82) is 0 Å². The molecule has 1 aliphatic heterocycles. The number of carbonyl (C=O) groups is 1. The third-order valence-corrected chi connectivity index (χ3v) is 3.62. The topological polar surface area (TPSA) is 38.8 Å². The smallest absolute Gasteiger partial charge is 0.159 e. The fourth-order valence-electron chi connectivity index (χ4n) is 2.75. The Kier molecular flexibility index (Phi) is 5.76. The van der Waals surface area contributed by atoms with Crippen LogP contribution < -0.4 is 4.74 Å². The van der Waals surface area contributed by atoms with Gasteiger partial charge in [-0.15, -0.1) is 0 Å². The second-order valence-electron chi connectivity index (χ2n) is 5.80. The Morgan fingerprint density at radius 1 is 1.33 bits per heavy atom. The number of benzene rings is 1. The molecule has 0 N–H and O–H groups in total. The molecule has 0 saturated carbocycles. The summed E-state index contributed by atoms with van der Waals surface area (Å²) in [5, 5.41) is 0. The van der Waals surface area contributed by atoms with E-state index in [-0.39, 0.29) is 5.78 Å². The van der Waals surface area contributed by atoms with Crippen LogP contribution in [0.4, 0.5) is 0 Å². The van der Waals surface area contributed by atoms with Crippen LogP contribution in [0.3, 0.4) is 0 Å². The fourth-order valence-corrected chi connectivity index (χ4v) is 2.75. The summed E-state index contributed by atoms with van der Waals surface area (Å²) in [7, 11) is 0. The normalized spacial score (nSPS) is 23.0. The maximum atomic E-state index is 11.3. The third kappa shape index (κ3) is 5.14. The first-order valence-corrected chi connectivity index (χ1v) is 7.66. The summed E-state index contributed by atoms with van der Waals surface area (Å²) < 4.78 is 11.5.